The quantitative estimate of drug-likeness (QED) is 0.676. The number of aryl methyl sites for hydroxylation is 1. The Kier molecular flexibility index (Phi) is 5.51. The summed E-state index contributed by atoms with van der Waals surface area (Å²) in [5.41, 5.74) is 10.4. The van der Waals surface area contributed by atoms with Crippen molar-refractivity contribution < 1.29 is 8.42 Å². The Morgan fingerprint density at radius 2 is 1.93 bits per heavy atom. The van der Waals surface area contributed by atoms with Crippen molar-refractivity contribution in [2.45, 2.75) is 24.8 Å². The van der Waals surface area contributed by atoms with Gasteiger partial charge < -0.3 is 10.3 Å². The van der Waals surface area contributed by atoms with Crippen LogP contribution in [0.1, 0.15) is 28.5 Å². The second-order valence-corrected chi connectivity index (χ2v) is 10.5. The van der Waals surface area contributed by atoms with Crippen LogP contribution in [0.25, 0.3) is 10.9 Å². The number of rotatable bonds is 6. The van der Waals surface area contributed by atoms with Gasteiger partial charge in [0, 0.05) is 43.5 Å². The van der Waals surface area contributed by atoms with Crippen LogP contribution in [0, 0.1) is 5.92 Å². The first-order chi connectivity index (χ1) is 13.8. The molecule has 1 aliphatic rings. The lowest BCUT2D eigenvalue weighted by Gasteiger charge is -2.16. The molecule has 1 aliphatic heterocycles. The highest BCUT2D eigenvalue weighted by molar-refractivity contribution is 7.90. The summed E-state index contributed by atoms with van der Waals surface area (Å²) in [6.07, 6.45) is 5.56. The van der Waals surface area contributed by atoms with Gasteiger partial charge in [0.05, 0.1) is 0 Å². The zero-order valence-electron chi connectivity index (χ0n) is 17.1. The molecular weight excluding hydrogens is 382 g/mol. The maximum Gasteiger partial charge on any atom is 0.167 e. The third kappa shape index (κ3) is 4.39. The Hall–Kier alpha value is -2.15. The van der Waals surface area contributed by atoms with Crippen molar-refractivity contribution in [2.75, 3.05) is 19.3 Å². The van der Waals surface area contributed by atoms with E-state index in [9.17, 15) is 8.42 Å². The van der Waals surface area contributed by atoms with E-state index in [2.05, 4.69) is 46.0 Å². The second kappa shape index (κ2) is 7.94. The van der Waals surface area contributed by atoms with E-state index >= 15 is 0 Å². The van der Waals surface area contributed by atoms with Crippen molar-refractivity contribution in [3.05, 3.63) is 71.4 Å². The van der Waals surface area contributed by atoms with Crippen molar-refractivity contribution in [3.8, 4) is 0 Å². The molecule has 1 fully saturated rings. The molecule has 4 rings (SSSR count). The van der Waals surface area contributed by atoms with E-state index < -0.39 is 15.2 Å². The molecule has 1 saturated heterocycles. The van der Waals surface area contributed by atoms with Crippen LogP contribution in [0.5, 0.6) is 0 Å². The van der Waals surface area contributed by atoms with Crippen LogP contribution < -0.4 is 5.73 Å². The van der Waals surface area contributed by atoms with E-state index in [1.165, 1.54) is 23.8 Å². The van der Waals surface area contributed by atoms with Crippen LogP contribution in [-0.2, 0) is 29.9 Å². The molecule has 0 spiro atoms. The number of nitrogens with two attached hydrogens (primary N) is 1. The zero-order valence-corrected chi connectivity index (χ0v) is 17.9. The molecule has 0 amide bonds. The van der Waals surface area contributed by atoms with Gasteiger partial charge in [0.25, 0.3) is 0 Å². The maximum absolute atomic E-state index is 11.9. The molecule has 2 heterocycles. The number of benzene rings is 2. The zero-order chi connectivity index (χ0) is 20.6. The highest BCUT2D eigenvalue weighted by atomic mass is 32.2. The van der Waals surface area contributed by atoms with Crippen LogP contribution in [0.4, 0.5) is 0 Å². The van der Waals surface area contributed by atoms with Crippen molar-refractivity contribution in [2.24, 2.45) is 18.7 Å². The Bertz CT molecular complexity index is 1110. The Morgan fingerprint density at radius 1 is 1.17 bits per heavy atom. The predicted molar refractivity (Wildman–Crippen MR) is 118 cm³/mol. The molecule has 2 aromatic carbocycles. The number of likely N-dealkylation sites (tertiary alicyclic amines) is 1. The maximum atomic E-state index is 11.9. The first-order valence-corrected chi connectivity index (χ1v) is 12.1. The summed E-state index contributed by atoms with van der Waals surface area (Å²) in [5.74, 6) is 0.608. The standard InChI is InChI=1S/C23H29N3O2S/c1-25-16-20(21-13-19(8-9-22(21)25)23(24)29(2,27)28)12-18-10-11-26(15-18)14-17-6-4-3-5-7-17/h3-9,13,16,18,23H,10-12,14-15,24H2,1-2H3. The fraction of sp³-hybridized carbons (Fsp3) is 0.391. The molecule has 6 heteroatoms. The molecule has 2 unspecified atom stereocenters. The fourth-order valence-electron chi connectivity index (χ4n) is 4.45. The molecule has 0 bridgehead atoms. The first kappa shape index (κ1) is 20.1. The van der Waals surface area contributed by atoms with Gasteiger partial charge in [-0.2, -0.15) is 0 Å². The van der Waals surface area contributed by atoms with E-state index in [1.54, 1.807) is 0 Å². The summed E-state index contributed by atoms with van der Waals surface area (Å²) in [6.45, 7) is 3.21. The van der Waals surface area contributed by atoms with Crippen molar-refractivity contribution in [1.82, 2.24) is 9.47 Å². The summed E-state index contributed by atoms with van der Waals surface area (Å²) in [6, 6.07) is 16.4. The van der Waals surface area contributed by atoms with Gasteiger partial charge in [-0.3, -0.25) is 4.90 Å². The molecule has 2 N–H and O–H groups in total. The Labute approximate surface area is 173 Å². The number of fused-ring (bicyclic) bond motifs is 1. The van der Waals surface area contributed by atoms with Gasteiger partial charge >= 0.3 is 0 Å². The second-order valence-electron chi connectivity index (χ2n) is 8.37. The van der Waals surface area contributed by atoms with E-state index in [0.717, 1.165) is 37.0 Å². The monoisotopic (exact) mass is 411 g/mol. The highest BCUT2D eigenvalue weighted by Crippen LogP contribution is 2.30. The summed E-state index contributed by atoms with van der Waals surface area (Å²) >= 11 is 0. The average molecular weight is 412 g/mol. The minimum Gasteiger partial charge on any atom is -0.350 e. The SMILES string of the molecule is Cn1cc(CC2CCN(Cc3ccccc3)C2)c2cc(C(N)S(C)(=O)=O)ccc21. The van der Waals surface area contributed by atoms with Gasteiger partial charge in [0.2, 0.25) is 0 Å². The molecule has 29 heavy (non-hydrogen) atoms. The smallest absolute Gasteiger partial charge is 0.167 e. The minimum atomic E-state index is -3.33. The third-order valence-corrected chi connectivity index (χ3v) is 7.21. The van der Waals surface area contributed by atoms with Crippen molar-refractivity contribution >= 4 is 20.7 Å². The molecule has 3 aromatic rings. The van der Waals surface area contributed by atoms with E-state index in [1.807, 2.05) is 25.2 Å². The van der Waals surface area contributed by atoms with Gasteiger partial charge in [0.1, 0.15) is 5.37 Å². The Balaban J connectivity index is 1.52. The Morgan fingerprint density at radius 3 is 2.66 bits per heavy atom. The normalized spacial score (nSPS) is 19.1. The summed E-state index contributed by atoms with van der Waals surface area (Å²) in [5, 5.41) is 0.137. The van der Waals surface area contributed by atoms with Gasteiger partial charge in [0.15, 0.2) is 9.84 Å². The molecule has 154 valence electrons. The van der Waals surface area contributed by atoms with Crippen LogP contribution in [0.3, 0.4) is 0 Å². The topological polar surface area (TPSA) is 68.3 Å². The minimum absolute atomic E-state index is 0.608. The number of hydrogen-bond acceptors (Lipinski definition) is 4. The van der Waals surface area contributed by atoms with Crippen LogP contribution in [0.15, 0.2) is 54.7 Å². The van der Waals surface area contributed by atoms with Gasteiger partial charge in [-0.25, -0.2) is 8.42 Å². The molecule has 5 nitrogen and oxygen atoms in total. The van der Waals surface area contributed by atoms with Crippen LogP contribution in [0.2, 0.25) is 0 Å². The number of hydrogen-bond donors (Lipinski definition) is 1. The lowest BCUT2D eigenvalue weighted by atomic mass is 9.97. The van der Waals surface area contributed by atoms with Gasteiger partial charge in [-0.05, 0) is 54.1 Å². The summed E-state index contributed by atoms with van der Waals surface area (Å²) < 4.78 is 25.9. The number of aromatic nitrogens is 1. The predicted octanol–water partition coefficient (Wildman–Crippen LogP) is 3.24. The summed E-state index contributed by atoms with van der Waals surface area (Å²) in [7, 11) is -1.29. The molecular formula is C23H29N3O2S. The first-order valence-electron chi connectivity index (χ1n) is 10.1. The van der Waals surface area contributed by atoms with E-state index in [0.29, 0.717) is 11.5 Å². The van der Waals surface area contributed by atoms with Gasteiger partial charge in [-0.1, -0.05) is 36.4 Å². The number of sulfone groups is 1. The molecule has 0 saturated carbocycles. The molecule has 1 aromatic heterocycles. The average Bonchev–Trinajstić information content (AvgIpc) is 3.25. The van der Waals surface area contributed by atoms with Crippen molar-refractivity contribution in [3.63, 3.8) is 0 Å². The van der Waals surface area contributed by atoms with Crippen LogP contribution in [-0.4, -0.2) is 37.2 Å². The van der Waals surface area contributed by atoms with E-state index in [-0.39, 0.29) is 0 Å². The summed E-state index contributed by atoms with van der Waals surface area (Å²) in [4.78, 5) is 2.52. The lowest BCUT2D eigenvalue weighted by molar-refractivity contribution is 0.316. The van der Waals surface area contributed by atoms with Crippen molar-refractivity contribution in [1.29, 1.82) is 0 Å². The third-order valence-electron chi connectivity index (χ3n) is 6.01. The lowest BCUT2D eigenvalue weighted by Crippen LogP contribution is -2.20. The van der Waals surface area contributed by atoms with Crippen LogP contribution >= 0.6 is 0 Å². The molecule has 0 radical (unpaired) electrons. The largest absolute Gasteiger partial charge is 0.350 e. The molecule has 0 aliphatic carbocycles. The fourth-order valence-corrected chi connectivity index (χ4v) is 5.09. The number of nitrogens with zero attached hydrogens (tertiary/aromatic N) is 2. The highest BCUT2D eigenvalue weighted by Gasteiger charge is 2.24. The van der Waals surface area contributed by atoms with E-state index in [4.69, 9.17) is 5.73 Å². The molecule has 2 atom stereocenters. The van der Waals surface area contributed by atoms with Gasteiger partial charge in [-0.15, -0.1) is 0 Å².